The predicted octanol–water partition coefficient (Wildman–Crippen LogP) is 1.38. The van der Waals surface area contributed by atoms with Gasteiger partial charge in [-0.25, -0.2) is 0 Å². The van der Waals surface area contributed by atoms with Crippen LogP contribution >= 0.6 is 11.6 Å². The Hall–Kier alpha value is -1.82. The van der Waals surface area contributed by atoms with Crippen molar-refractivity contribution in [2.75, 3.05) is 7.05 Å². The molecule has 7 heteroatoms. The van der Waals surface area contributed by atoms with Crippen LogP contribution in [0.1, 0.15) is 21.7 Å². The topological polar surface area (TPSA) is 66.8 Å². The van der Waals surface area contributed by atoms with Gasteiger partial charge in [-0.2, -0.15) is 10.2 Å². The minimum Gasteiger partial charge on any atom is -0.336 e. The number of halogens is 1. The Balaban J connectivity index is 2.13. The normalized spacial score (nSPS) is 10.7. The molecule has 0 unspecified atom stereocenters. The van der Waals surface area contributed by atoms with Crippen molar-refractivity contribution in [1.82, 2.24) is 24.9 Å². The summed E-state index contributed by atoms with van der Waals surface area (Å²) in [5.41, 5.74) is 2.34. The zero-order valence-corrected chi connectivity index (χ0v) is 11.2. The highest BCUT2D eigenvalue weighted by atomic mass is 35.5. The summed E-state index contributed by atoms with van der Waals surface area (Å²) in [5, 5.41) is 10.8. The number of nitrogens with one attached hydrogen (secondary N) is 1. The lowest BCUT2D eigenvalue weighted by Gasteiger charge is -2.16. The molecule has 18 heavy (non-hydrogen) atoms. The van der Waals surface area contributed by atoms with E-state index >= 15 is 0 Å². The Kier molecular flexibility index (Phi) is 3.38. The maximum atomic E-state index is 12.1. The summed E-state index contributed by atoms with van der Waals surface area (Å²) < 4.78 is 1.77. The van der Waals surface area contributed by atoms with Gasteiger partial charge in [-0.05, 0) is 6.92 Å². The Morgan fingerprint density at radius 3 is 2.78 bits per heavy atom. The van der Waals surface area contributed by atoms with E-state index in [1.807, 2.05) is 14.0 Å². The van der Waals surface area contributed by atoms with Crippen LogP contribution in [-0.4, -0.2) is 37.8 Å². The van der Waals surface area contributed by atoms with Crippen molar-refractivity contribution in [3.63, 3.8) is 0 Å². The van der Waals surface area contributed by atoms with Gasteiger partial charge in [0.25, 0.3) is 5.91 Å². The lowest BCUT2D eigenvalue weighted by Crippen LogP contribution is -2.27. The molecule has 0 spiro atoms. The second kappa shape index (κ2) is 4.81. The molecule has 1 N–H and O–H groups in total. The summed E-state index contributed by atoms with van der Waals surface area (Å²) in [5.74, 6) is -0.194. The summed E-state index contributed by atoms with van der Waals surface area (Å²) in [7, 11) is 3.58. The number of carbonyl (C=O) groups excluding carboxylic acids is 1. The number of rotatable bonds is 3. The Morgan fingerprint density at radius 1 is 1.56 bits per heavy atom. The number of amides is 1. The van der Waals surface area contributed by atoms with Gasteiger partial charge in [-0.15, -0.1) is 0 Å². The van der Waals surface area contributed by atoms with Gasteiger partial charge < -0.3 is 4.90 Å². The van der Waals surface area contributed by atoms with Crippen LogP contribution in [0.2, 0.25) is 5.02 Å². The van der Waals surface area contributed by atoms with Gasteiger partial charge in [0.1, 0.15) is 5.69 Å². The molecular formula is C11H14ClN5O. The van der Waals surface area contributed by atoms with E-state index < -0.39 is 0 Å². The first kappa shape index (κ1) is 12.6. The number of hydrogen-bond acceptors (Lipinski definition) is 3. The molecule has 0 atom stereocenters. The monoisotopic (exact) mass is 267 g/mol. The smallest absolute Gasteiger partial charge is 0.273 e. The maximum Gasteiger partial charge on any atom is 0.273 e. The average Bonchev–Trinajstić information content (AvgIpc) is 2.89. The van der Waals surface area contributed by atoms with Crippen molar-refractivity contribution in [1.29, 1.82) is 0 Å². The molecule has 2 heterocycles. The highest BCUT2D eigenvalue weighted by molar-refractivity contribution is 6.33. The minimum absolute atomic E-state index is 0.194. The van der Waals surface area contributed by atoms with Gasteiger partial charge >= 0.3 is 0 Å². The molecule has 0 saturated heterocycles. The molecule has 96 valence electrons. The number of aryl methyl sites for hydroxylation is 1. The molecule has 2 rings (SSSR count). The first-order valence-corrected chi connectivity index (χ1v) is 5.80. The lowest BCUT2D eigenvalue weighted by molar-refractivity contribution is 0.0779. The third-order valence-corrected chi connectivity index (χ3v) is 3.18. The van der Waals surface area contributed by atoms with Crippen molar-refractivity contribution in [3.05, 3.63) is 34.4 Å². The Bertz CT molecular complexity index is 574. The highest BCUT2D eigenvalue weighted by Gasteiger charge is 2.18. The third-order valence-electron chi connectivity index (χ3n) is 2.90. The number of nitrogens with zero attached hydrogens (tertiary/aromatic N) is 4. The van der Waals surface area contributed by atoms with Crippen molar-refractivity contribution < 1.29 is 4.79 Å². The van der Waals surface area contributed by atoms with E-state index in [9.17, 15) is 4.79 Å². The summed E-state index contributed by atoms with van der Waals surface area (Å²) >= 11 is 5.86. The van der Waals surface area contributed by atoms with E-state index in [0.29, 0.717) is 17.3 Å². The van der Waals surface area contributed by atoms with Crippen LogP contribution in [0.5, 0.6) is 0 Å². The zero-order valence-electron chi connectivity index (χ0n) is 10.4. The van der Waals surface area contributed by atoms with Gasteiger partial charge in [0.15, 0.2) is 0 Å². The van der Waals surface area contributed by atoms with Crippen LogP contribution in [0, 0.1) is 6.92 Å². The minimum atomic E-state index is -0.194. The van der Waals surface area contributed by atoms with E-state index in [0.717, 1.165) is 11.3 Å². The number of hydrogen-bond donors (Lipinski definition) is 1. The maximum absolute atomic E-state index is 12.1. The molecule has 0 bridgehead atoms. The average molecular weight is 268 g/mol. The molecule has 0 saturated carbocycles. The molecule has 1 amide bonds. The SMILES string of the molecule is Cc1c(CN(C)C(=O)c2[nH]ncc2Cl)cnn1C. The molecule has 2 aromatic rings. The molecule has 0 aliphatic rings. The van der Waals surface area contributed by atoms with Crippen molar-refractivity contribution >= 4 is 17.5 Å². The van der Waals surface area contributed by atoms with Gasteiger partial charge in [-0.1, -0.05) is 11.6 Å². The summed E-state index contributed by atoms with van der Waals surface area (Å²) in [4.78, 5) is 13.7. The fraction of sp³-hybridized carbons (Fsp3) is 0.364. The van der Waals surface area contributed by atoms with Crippen LogP contribution in [-0.2, 0) is 13.6 Å². The van der Waals surface area contributed by atoms with Crippen molar-refractivity contribution in [3.8, 4) is 0 Å². The first-order chi connectivity index (χ1) is 8.50. The lowest BCUT2D eigenvalue weighted by atomic mass is 10.2. The fourth-order valence-electron chi connectivity index (χ4n) is 1.64. The standard InChI is InChI=1S/C11H14ClN5O/c1-7-8(4-14-17(7)3)6-16(2)11(18)10-9(12)5-13-15-10/h4-5H,6H2,1-3H3,(H,13,15). The molecule has 0 aromatic carbocycles. The number of carbonyl (C=O) groups is 1. The molecule has 0 fully saturated rings. The van der Waals surface area contributed by atoms with Crippen LogP contribution in [0.25, 0.3) is 0 Å². The molecule has 2 aromatic heterocycles. The number of aromatic amines is 1. The first-order valence-electron chi connectivity index (χ1n) is 5.42. The number of aromatic nitrogens is 4. The van der Waals surface area contributed by atoms with Gasteiger partial charge in [0.05, 0.1) is 17.4 Å². The molecule has 0 aliphatic carbocycles. The largest absolute Gasteiger partial charge is 0.336 e. The zero-order chi connectivity index (χ0) is 13.3. The highest BCUT2D eigenvalue weighted by Crippen LogP contribution is 2.15. The van der Waals surface area contributed by atoms with Crippen LogP contribution < -0.4 is 0 Å². The van der Waals surface area contributed by atoms with E-state index in [1.54, 1.807) is 22.8 Å². The quantitative estimate of drug-likeness (QED) is 0.914. The Labute approximate surface area is 110 Å². The fourth-order valence-corrected chi connectivity index (χ4v) is 1.81. The molecular weight excluding hydrogens is 254 g/mol. The van der Waals surface area contributed by atoms with Crippen molar-refractivity contribution in [2.45, 2.75) is 13.5 Å². The van der Waals surface area contributed by atoms with E-state index in [2.05, 4.69) is 15.3 Å². The van der Waals surface area contributed by atoms with E-state index in [4.69, 9.17) is 11.6 Å². The van der Waals surface area contributed by atoms with Crippen LogP contribution in [0.15, 0.2) is 12.4 Å². The van der Waals surface area contributed by atoms with Crippen LogP contribution in [0.3, 0.4) is 0 Å². The summed E-state index contributed by atoms with van der Waals surface area (Å²) in [6, 6.07) is 0. The second-order valence-electron chi connectivity index (χ2n) is 4.13. The van der Waals surface area contributed by atoms with Crippen LogP contribution in [0.4, 0.5) is 0 Å². The summed E-state index contributed by atoms with van der Waals surface area (Å²) in [6.45, 7) is 2.44. The van der Waals surface area contributed by atoms with E-state index in [-0.39, 0.29) is 5.91 Å². The van der Waals surface area contributed by atoms with Crippen molar-refractivity contribution in [2.24, 2.45) is 7.05 Å². The second-order valence-corrected chi connectivity index (χ2v) is 4.54. The molecule has 0 radical (unpaired) electrons. The third kappa shape index (κ3) is 2.24. The van der Waals surface area contributed by atoms with E-state index in [1.165, 1.54) is 6.20 Å². The number of H-pyrrole nitrogens is 1. The van der Waals surface area contributed by atoms with Gasteiger partial charge in [0.2, 0.25) is 0 Å². The Morgan fingerprint density at radius 2 is 2.28 bits per heavy atom. The van der Waals surface area contributed by atoms with Gasteiger partial charge in [0, 0.05) is 31.9 Å². The summed E-state index contributed by atoms with van der Waals surface area (Å²) in [6.07, 6.45) is 3.17. The molecule has 0 aliphatic heterocycles. The molecule has 6 nitrogen and oxygen atoms in total. The van der Waals surface area contributed by atoms with Gasteiger partial charge in [-0.3, -0.25) is 14.6 Å². The predicted molar refractivity (Wildman–Crippen MR) is 67.3 cm³/mol.